The van der Waals surface area contributed by atoms with E-state index in [0.29, 0.717) is 6.42 Å². The smallest absolute Gasteiger partial charge is 0.224 e. The molecule has 0 aromatic carbocycles. The lowest BCUT2D eigenvalue weighted by molar-refractivity contribution is -0.117. The lowest BCUT2D eigenvalue weighted by Crippen LogP contribution is -2.18. The summed E-state index contributed by atoms with van der Waals surface area (Å²) in [5, 5.41) is 3.09. The number of pyridine rings is 1. The number of rotatable bonds is 3. The fourth-order valence-electron chi connectivity index (χ4n) is 2.71. The zero-order valence-electron chi connectivity index (χ0n) is 11.0. The molecule has 18 heavy (non-hydrogen) atoms. The number of aryl methyl sites for hydroxylation is 1. The van der Waals surface area contributed by atoms with E-state index in [1.807, 2.05) is 12.3 Å². The standard InChI is InChI=1S/C15H20N2O/c1-15(7-8-15)10-14(18)17-13-6-9-16-12-5-3-2-4-11(12)13/h6,9H,2-5,7-8,10H2,1H3,(H,16,17,18). The number of amides is 1. The van der Waals surface area contributed by atoms with Gasteiger partial charge >= 0.3 is 0 Å². The minimum atomic E-state index is 0.161. The summed E-state index contributed by atoms with van der Waals surface area (Å²) in [4.78, 5) is 16.4. The minimum absolute atomic E-state index is 0.161. The van der Waals surface area contributed by atoms with Gasteiger partial charge in [-0.2, -0.15) is 0 Å². The Morgan fingerprint density at radius 3 is 2.94 bits per heavy atom. The summed E-state index contributed by atoms with van der Waals surface area (Å²) in [5.74, 6) is 0.161. The summed E-state index contributed by atoms with van der Waals surface area (Å²) in [7, 11) is 0. The summed E-state index contributed by atoms with van der Waals surface area (Å²) in [6.45, 7) is 2.19. The molecule has 2 aliphatic carbocycles. The van der Waals surface area contributed by atoms with E-state index >= 15 is 0 Å². The first-order valence-corrected chi connectivity index (χ1v) is 6.93. The molecule has 96 valence electrons. The molecule has 0 bridgehead atoms. The number of hydrogen-bond acceptors (Lipinski definition) is 2. The van der Waals surface area contributed by atoms with Crippen LogP contribution >= 0.6 is 0 Å². The van der Waals surface area contributed by atoms with Crippen molar-refractivity contribution in [1.29, 1.82) is 0 Å². The van der Waals surface area contributed by atoms with Crippen LogP contribution in [0.2, 0.25) is 0 Å². The van der Waals surface area contributed by atoms with Gasteiger partial charge in [0, 0.05) is 24.0 Å². The molecule has 1 fully saturated rings. The number of nitrogens with zero attached hydrogens (tertiary/aromatic N) is 1. The molecule has 1 aromatic heterocycles. The van der Waals surface area contributed by atoms with Crippen molar-refractivity contribution in [3.63, 3.8) is 0 Å². The van der Waals surface area contributed by atoms with Gasteiger partial charge in [-0.15, -0.1) is 0 Å². The quantitative estimate of drug-likeness (QED) is 0.887. The van der Waals surface area contributed by atoms with E-state index in [1.165, 1.54) is 36.9 Å². The van der Waals surface area contributed by atoms with Crippen LogP contribution in [-0.4, -0.2) is 10.9 Å². The molecule has 0 saturated heterocycles. The van der Waals surface area contributed by atoms with Crippen molar-refractivity contribution in [1.82, 2.24) is 4.98 Å². The van der Waals surface area contributed by atoms with Gasteiger partial charge in [-0.1, -0.05) is 6.92 Å². The highest BCUT2D eigenvalue weighted by Gasteiger charge is 2.39. The highest BCUT2D eigenvalue weighted by molar-refractivity contribution is 5.92. The van der Waals surface area contributed by atoms with E-state index in [4.69, 9.17) is 0 Å². The molecule has 1 N–H and O–H groups in total. The van der Waals surface area contributed by atoms with Gasteiger partial charge in [0.25, 0.3) is 0 Å². The third-order valence-corrected chi connectivity index (χ3v) is 4.20. The Kier molecular flexibility index (Phi) is 2.84. The summed E-state index contributed by atoms with van der Waals surface area (Å²) in [6, 6.07) is 1.94. The Labute approximate surface area is 108 Å². The number of anilines is 1. The summed E-state index contributed by atoms with van der Waals surface area (Å²) in [6.07, 6.45) is 9.38. The molecule has 0 atom stereocenters. The average Bonchev–Trinajstić information content (AvgIpc) is 3.07. The fraction of sp³-hybridized carbons (Fsp3) is 0.600. The van der Waals surface area contributed by atoms with Crippen LogP contribution in [-0.2, 0) is 17.6 Å². The molecular formula is C15H20N2O. The molecular weight excluding hydrogens is 224 g/mol. The molecule has 1 saturated carbocycles. The Hall–Kier alpha value is -1.38. The van der Waals surface area contributed by atoms with Gasteiger partial charge in [-0.05, 0) is 55.6 Å². The first-order chi connectivity index (χ1) is 8.66. The van der Waals surface area contributed by atoms with Crippen LogP contribution in [0, 0.1) is 5.41 Å². The Balaban J connectivity index is 1.74. The highest BCUT2D eigenvalue weighted by Crippen LogP contribution is 2.48. The van der Waals surface area contributed by atoms with E-state index in [0.717, 1.165) is 18.5 Å². The first kappa shape index (κ1) is 11.7. The SMILES string of the molecule is CC1(CC(=O)Nc2ccnc3c2CCCC3)CC1. The molecule has 3 nitrogen and oxygen atoms in total. The van der Waals surface area contributed by atoms with Crippen molar-refractivity contribution in [2.24, 2.45) is 5.41 Å². The van der Waals surface area contributed by atoms with Crippen molar-refractivity contribution in [2.75, 3.05) is 5.32 Å². The summed E-state index contributed by atoms with van der Waals surface area (Å²) < 4.78 is 0. The van der Waals surface area contributed by atoms with E-state index in [1.54, 1.807) is 0 Å². The highest BCUT2D eigenvalue weighted by atomic mass is 16.1. The van der Waals surface area contributed by atoms with E-state index in [9.17, 15) is 4.79 Å². The van der Waals surface area contributed by atoms with Gasteiger partial charge in [0.2, 0.25) is 5.91 Å². The van der Waals surface area contributed by atoms with Gasteiger partial charge in [0.05, 0.1) is 0 Å². The van der Waals surface area contributed by atoms with Gasteiger partial charge < -0.3 is 5.32 Å². The second-order valence-corrected chi connectivity index (χ2v) is 6.03. The normalized spacial score (nSPS) is 20.1. The monoisotopic (exact) mass is 244 g/mol. The van der Waals surface area contributed by atoms with Gasteiger partial charge in [-0.3, -0.25) is 9.78 Å². The number of nitrogens with one attached hydrogen (secondary N) is 1. The van der Waals surface area contributed by atoms with Gasteiger partial charge in [-0.25, -0.2) is 0 Å². The molecule has 0 unspecified atom stereocenters. The molecule has 0 radical (unpaired) electrons. The van der Waals surface area contributed by atoms with Crippen molar-refractivity contribution < 1.29 is 4.79 Å². The average molecular weight is 244 g/mol. The second-order valence-electron chi connectivity index (χ2n) is 6.03. The van der Waals surface area contributed by atoms with Crippen LogP contribution < -0.4 is 5.32 Å². The third-order valence-electron chi connectivity index (χ3n) is 4.20. The van der Waals surface area contributed by atoms with Crippen LogP contribution in [0.1, 0.15) is 50.3 Å². The largest absolute Gasteiger partial charge is 0.326 e. The number of fused-ring (bicyclic) bond motifs is 1. The fourth-order valence-corrected chi connectivity index (χ4v) is 2.71. The van der Waals surface area contributed by atoms with Crippen LogP contribution in [0.4, 0.5) is 5.69 Å². The number of carbonyl (C=O) groups excluding carboxylic acids is 1. The van der Waals surface area contributed by atoms with Gasteiger partial charge in [0.1, 0.15) is 0 Å². The zero-order chi connectivity index (χ0) is 12.6. The third kappa shape index (κ3) is 2.40. The Morgan fingerprint density at radius 2 is 2.17 bits per heavy atom. The van der Waals surface area contributed by atoms with Gasteiger partial charge in [0.15, 0.2) is 0 Å². The van der Waals surface area contributed by atoms with E-state index in [-0.39, 0.29) is 11.3 Å². The van der Waals surface area contributed by atoms with Crippen LogP contribution in [0.15, 0.2) is 12.3 Å². The number of aromatic nitrogens is 1. The maximum absolute atomic E-state index is 12.0. The molecule has 1 aromatic rings. The van der Waals surface area contributed by atoms with Crippen molar-refractivity contribution in [2.45, 2.75) is 51.9 Å². The van der Waals surface area contributed by atoms with Crippen LogP contribution in [0.5, 0.6) is 0 Å². The van der Waals surface area contributed by atoms with Crippen LogP contribution in [0.25, 0.3) is 0 Å². The zero-order valence-corrected chi connectivity index (χ0v) is 11.0. The number of hydrogen-bond donors (Lipinski definition) is 1. The maximum Gasteiger partial charge on any atom is 0.224 e. The molecule has 0 spiro atoms. The van der Waals surface area contributed by atoms with E-state index in [2.05, 4.69) is 17.2 Å². The molecule has 3 heteroatoms. The number of carbonyl (C=O) groups is 1. The van der Waals surface area contributed by atoms with Crippen molar-refractivity contribution >= 4 is 11.6 Å². The summed E-state index contributed by atoms with van der Waals surface area (Å²) in [5.41, 5.74) is 3.71. The molecule has 1 heterocycles. The topological polar surface area (TPSA) is 42.0 Å². The Morgan fingerprint density at radius 1 is 1.39 bits per heavy atom. The molecule has 1 amide bonds. The molecule has 3 rings (SSSR count). The van der Waals surface area contributed by atoms with Crippen LogP contribution in [0.3, 0.4) is 0 Å². The van der Waals surface area contributed by atoms with Crippen molar-refractivity contribution in [3.05, 3.63) is 23.5 Å². The lowest BCUT2D eigenvalue weighted by atomic mass is 9.94. The van der Waals surface area contributed by atoms with E-state index < -0.39 is 0 Å². The van der Waals surface area contributed by atoms with Crippen molar-refractivity contribution in [3.8, 4) is 0 Å². The second kappa shape index (κ2) is 4.38. The lowest BCUT2D eigenvalue weighted by Gasteiger charge is -2.19. The molecule has 0 aliphatic heterocycles. The Bertz CT molecular complexity index is 477. The first-order valence-electron chi connectivity index (χ1n) is 6.93. The minimum Gasteiger partial charge on any atom is -0.326 e. The predicted octanol–water partition coefficient (Wildman–Crippen LogP) is 3.09. The maximum atomic E-state index is 12.0. The predicted molar refractivity (Wildman–Crippen MR) is 71.5 cm³/mol. The molecule has 2 aliphatic rings. The summed E-state index contributed by atoms with van der Waals surface area (Å²) >= 11 is 0.